The van der Waals surface area contributed by atoms with Crippen LogP contribution < -0.4 is 0 Å². The highest BCUT2D eigenvalue weighted by molar-refractivity contribution is 7.89. The highest BCUT2D eigenvalue weighted by atomic mass is 35.5. The molecule has 1 aromatic rings. The van der Waals surface area contributed by atoms with Crippen LogP contribution in [0.3, 0.4) is 0 Å². The molecule has 1 heterocycles. The van der Waals surface area contributed by atoms with Gasteiger partial charge >= 0.3 is 0 Å². The van der Waals surface area contributed by atoms with Gasteiger partial charge in [-0.3, -0.25) is 0 Å². The van der Waals surface area contributed by atoms with E-state index in [4.69, 9.17) is 16.7 Å². The largest absolute Gasteiger partial charge is 0.395 e. The molecule has 0 spiro atoms. The molecule has 0 fully saturated rings. The topological polar surface area (TPSA) is 70.5 Å². The number of aliphatic hydroxyl groups excluding tert-OH is 1. The molecule has 0 amide bonds. The summed E-state index contributed by atoms with van der Waals surface area (Å²) in [6, 6.07) is 2.69. The fraction of sp³-hybridized carbons (Fsp3) is 0.500. The standard InChI is InChI=1S/C10H15ClN2O3S/c1-2-5-13(6-7-14)17(15,16)9-3-4-12-10(11)8-9/h3-4,8,14H,2,5-7H2,1H3. The maximum atomic E-state index is 12.2. The molecule has 1 rings (SSSR count). The van der Waals surface area contributed by atoms with Gasteiger partial charge in [-0.05, 0) is 18.6 Å². The van der Waals surface area contributed by atoms with Crippen molar-refractivity contribution >= 4 is 21.6 Å². The predicted molar refractivity (Wildman–Crippen MR) is 65.4 cm³/mol. The first kappa shape index (κ1) is 14.4. The van der Waals surface area contributed by atoms with Gasteiger partial charge in [-0.25, -0.2) is 13.4 Å². The molecule has 0 aliphatic heterocycles. The smallest absolute Gasteiger partial charge is 0.243 e. The second-order valence-corrected chi connectivity index (χ2v) is 5.77. The summed E-state index contributed by atoms with van der Waals surface area (Å²) in [5, 5.41) is 9.01. The van der Waals surface area contributed by atoms with Gasteiger partial charge in [0.1, 0.15) is 5.15 Å². The summed E-state index contributed by atoms with van der Waals surface area (Å²) >= 11 is 5.67. The van der Waals surface area contributed by atoms with Crippen LogP contribution in [-0.4, -0.2) is 42.5 Å². The normalized spacial score (nSPS) is 12.0. The van der Waals surface area contributed by atoms with Crippen LogP contribution in [0.2, 0.25) is 5.15 Å². The Balaban J connectivity index is 3.07. The lowest BCUT2D eigenvalue weighted by molar-refractivity contribution is 0.253. The Bertz CT molecular complexity index is 458. The van der Waals surface area contributed by atoms with Crippen LogP contribution in [0.25, 0.3) is 0 Å². The van der Waals surface area contributed by atoms with E-state index in [0.29, 0.717) is 13.0 Å². The number of halogens is 1. The molecule has 1 aromatic heterocycles. The van der Waals surface area contributed by atoms with Gasteiger partial charge in [0.2, 0.25) is 10.0 Å². The first-order valence-electron chi connectivity index (χ1n) is 5.25. The quantitative estimate of drug-likeness (QED) is 0.792. The van der Waals surface area contributed by atoms with Crippen LogP contribution in [-0.2, 0) is 10.0 Å². The monoisotopic (exact) mass is 278 g/mol. The molecule has 96 valence electrons. The van der Waals surface area contributed by atoms with Crippen molar-refractivity contribution in [2.45, 2.75) is 18.2 Å². The summed E-state index contributed by atoms with van der Waals surface area (Å²) in [5.74, 6) is 0. The van der Waals surface area contributed by atoms with E-state index in [9.17, 15) is 8.42 Å². The van der Waals surface area contributed by atoms with E-state index >= 15 is 0 Å². The average Bonchev–Trinajstić information content (AvgIpc) is 2.29. The van der Waals surface area contributed by atoms with Crippen molar-refractivity contribution < 1.29 is 13.5 Å². The number of aliphatic hydroxyl groups is 1. The number of hydrogen-bond acceptors (Lipinski definition) is 4. The fourth-order valence-corrected chi connectivity index (χ4v) is 3.18. The second-order valence-electron chi connectivity index (χ2n) is 3.44. The molecular weight excluding hydrogens is 264 g/mol. The van der Waals surface area contributed by atoms with Gasteiger partial charge in [0, 0.05) is 19.3 Å². The van der Waals surface area contributed by atoms with E-state index in [2.05, 4.69) is 4.98 Å². The minimum atomic E-state index is -3.60. The number of sulfonamides is 1. The molecule has 0 bridgehead atoms. The zero-order valence-corrected chi connectivity index (χ0v) is 11.1. The molecule has 0 aliphatic rings. The van der Waals surface area contributed by atoms with Crippen LogP contribution in [0.1, 0.15) is 13.3 Å². The minimum Gasteiger partial charge on any atom is -0.395 e. The summed E-state index contributed by atoms with van der Waals surface area (Å²) in [4.78, 5) is 3.83. The molecule has 17 heavy (non-hydrogen) atoms. The number of aromatic nitrogens is 1. The maximum Gasteiger partial charge on any atom is 0.243 e. The first-order valence-corrected chi connectivity index (χ1v) is 7.06. The second kappa shape index (κ2) is 6.30. The van der Waals surface area contributed by atoms with Crippen molar-refractivity contribution in [1.82, 2.24) is 9.29 Å². The Labute approximate surface area is 106 Å². The zero-order valence-electron chi connectivity index (χ0n) is 9.50. The summed E-state index contributed by atoms with van der Waals surface area (Å²) < 4.78 is 25.6. The Morgan fingerprint density at radius 1 is 1.47 bits per heavy atom. The van der Waals surface area contributed by atoms with Gasteiger partial charge in [0.25, 0.3) is 0 Å². The molecule has 0 saturated carbocycles. The van der Waals surface area contributed by atoms with Crippen molar-refractivity contribution in [1.29, 1.82) is 0 Å². The Morgan fingerprint density at radius 3 is 2.71 bits per heavy atom. The van der Waals surface area contributed by atoms with E-state index in [-0.39, 0.29) is 23.2 Å². The summed E-state index contributed by atoms with van der Waals surface area (Å²) in [6.07, 6.45) is 2.02. The van der Waals surface area contributed by atoms with E-state index < -0.39 is 10.0 Å². The zero-order chi connectivity index (χ0) is 12.9. The highest BCUT2D eigenvalue weighted by Crippen LogP contribution is 2.17. The van der Waals surface area contributed by atoms with Crippen molar-refractivity contribution in [3.63, 3.8) is 0 Å². The number of pyridine rings is 1. The lowest BCUT2D eigenvalue weighted by Gasteiger charge is -2.20. The van der Waals surface area contributed by atoms with Gasteiger partial charge in [-0.1, -0.05) is 18.5 Å². The number of rotatable bonds is 6. The molecule has 0 aromatic carbocycles. The van der Waals surface area contributed by atoms with Crippen molar-refractivity contribution in [2.24, 2.45) is 0 Å². The van der Waals surface area contributed by atoms with Gasteiger partial charge in [-0.2, -0.15) is 4.31 Å². The predicted octanol–water partition coefficient (Wildman–Crippen LogP) is 1.13. The van der Waals surface area contributed by atoms with E-state index in [1.54, 1.807) is 0 Å². The Morgan fingerprint density at radius 2 is 2.18 bits per heavy atom. The summed E-state index contributed by atoms with van der Waals surface area (Å²) in [5.41, 5.74) is 0. The Hall–Kier alpha value is -0.690. The molecular formula is C10H15ClN2O3S. The third kappa shape index (κ3) is 3.64. The van der Waals surface area contributed by atoms with Crippen LogP contribution in [0.5, 0.6) is 0 Å². The SMILES string of the molecule is CCCN(CCO)S(=O)(=O)c1ccnc(Cl)c1. The molecule has 0 aliphatic carbocycles. The van der Waals surface area contributed by atoms with Gasteiger partial charge in [-0.15, -0.1) is 0 Å². The third-order valence-corrected chi connectivity index (χ3v) is 4.26. The molecule has 5 nitrogen and oxygen atoms in total. The van der Waals surface area contributed by atoms with Gasteiger partial charge in [0.15, 0.2) is 0 Å². The van der Waals surface area contributed by atoms with Crippen LogP contribution in [0.4, 0.5) is 0 Å². The molecule has 0 radical (unpaired) electrons. The van der Waals surface area contributed by atoms with Gasteiger partial charge in [0.05, 0.1) is 11.5 Å². The Kier molecular flexibility index (Phi) is 5.32. The first-order chi connectivity index (χ1) is 8.02. The highest BCUT2D eigenvalue weighted by Gasteiger charge is 2.23. The average molecular weight is 279 g/mol. The van der Waals surface area contributed by atoms with Gasteiger partial charge < -0.3 is 5.11 Å². The third-order valence-electron chi connectivity index (χ3n) is 2.16. The molecule has 0 saturated heterocycles. The lowest BCUT2D eigenvalue weighted by Crippen LogP contribution is -2.34. The number of nitrogens with zero attached hydrogens (tertiary/aromatic N) is 2. The number of hydrogen-bond donors (Lipinski definition) is 1. The van der Waals surface area contributed by atoms with E-state index in [1.807, 2.05) is 6.92 Å². The van der Waals surface area contributed by atoms with Crippen molar-refractivity contribution in [2.75, 3.05) is 19.7 Å². The fourth-order valence-electron chi connectivity index (χ4n) is 1.41. The summed E-state index contributed by atoms with van der Waals surface area (Å²) in [7, 11) is -3.60. The minimum absolute atomic E-state index is 0.0795. The molecule has 0 atom stereocenters. The van der Waals surface area contributed by atoms with Crippen LogP contribution >= 0.6 is 11.6 Å². The van der Waals surface area contributed by atoms with Crippen molar-refractivity contribution in [3.05, 3.63) is 23.5 Å². The van der Waals surface area contributed by atoms with E-state index in [0.717, 1.165) is 0 Å². The van der Waals surface area contributed by atoms with E-state index in [1.165, 1.54) is 22.6 Å². The maximum absolute atomic E-state index is 12.2. The lowest BCUT2D eigenvalue weighted by atomic mass is 10.5. The van der Waals surface area contributed by atoms with Crippen LogP contribution in [0, 0.1) is 0 Å². The molecule has 1 N–H and O–H groups in total. The molecule has 0 unspecified atom stereocenters. The summed E-state index contributed by atoms with van der Waals surface area (Å²) in [6.45, 7) is 2.11. The van der Waals surface area contributed by atoms with Crippen LogP contribution in [0.15, 0.2) is 23.2 Å². The van der Waals surface area contributed by atoms with Crippen molar-refractivity contribution in [3.8, 4) is 0 Å². The molecule has 7 heteroatoms.